The number of aliphatic hydroxyl groups excluding tert-OH is 1. The number of rotatable bonds is 3. The van der Waals surface area contributed by atoms with Gasteiger partial charge in [0.15, 0.2) is 0 Å². The molecule has 3 aromatic rings. The first-order valence-electron chi connectivity index (χ1n) is 8.85. The van der Waals surface area contributed by atoms with Gasteiger partial charge in [-0.1, -0.05) is 12.8 Å². The number of aromatic amines is 1. The van der Waals surface area contributed by atoms with Gasteiger partial charge >= 0.3 is 51.4 Å². The zero-order valence-electron chi connectivity index (χ0n) is 15.8. The molecule has 1 aliphatic rings. The van der Waals surface area contributed by atoms with Gasteiger partial charge in [0, 0.05) is 18.0 Å². The van der Waals surface area contributed by atoms with E-state index in [1.165, 1.54) is 18.2 Å². The fourth-order valence-corrected chi connectivity index (χ4v) is 3.48. The maximum absolute atomic E-state index is 14.1. The van der Waals surface area contributed by atoms with Crippen molar-refractivity contribution in [1.82, 2.24) is 4.98 Å². The van der Waals surface area contributed by atoms with Crippen molar-refractivity contribution in [2.45, 2.75) is 18.8 Å². The van der Waals surface area contributed by atoms with E-state index in [0.29, 0.717) is 23.4 Å². The van der Waals surface area contributed by atoms with Gasteiger partial charge in [-0.3, -0.25) is 0 Å². The van der Waals surface area contributed by atoms with E-state index in [-0.39, 0.29) is 69.7 Å². The Labute approximate surface area is 204 Å². The Kier molecular flexibility index (Phi) is 8.75. The fourth-order valence-electron chi connectivity index (χ4n) is 3.48. The van der Waals surface area contributed by atoms with Gasteiger partial charge < -0.3 is 22.7 Å². The maximum atomic E-state index is 14.1. The Hall–Kier alpha value is -0.674. The van der Waals surface area contributed by atoms with E-state index in [1.807, 2.05) is 0 Å². The van der Waals surface area contributed by atoms with Gasteiger partial charge in [0.2, 0.25) is 0 Å². The van der Waals surface area contributed by atoms with Crippen LogP contribution in [-0.2, 0) is 0 Å². The summed E-state index contributed by atoms with van der Waals surface area (Å²) in [7, 11) is 0. The smallest absolute Gasteiger partial charge is 0.395 e. The monoisotopic (exact) mass is 414 g/mol. The second kappa shape index (κ2) is 10.4. The van der Waals surface area contributed by atoms with Crippen LogP contribution in [0.15, 0.2) is 36.4 Å². The standard InChI is InChI=1S/C19H15F3N.C2H7NO.K/c1-10-6-12(7-10)17-15-8-14(21)9-16(22)19(15)23-18(17)11-2-4-13(20)5-3-11;3-1-2-4;/h2-5,8-10,12,23H,1,6-7H2;4H,1-3H2;/q-1;;+1. The number of hydrogen-bond acceptors (Lipinski definition) is 2. The molecule has 0 atom stereocenters. The molecule has 3 nitrogen and oxygen atoms in total. The summed E-state index contributed by atoms with van der Waals surface area (Å²) in [5.41, 5.74) is 7.49. The van der Waals surface area contributed by atoms with Crippen LogP contribution >= 0.6 is 0 Å². The van der Waals surface area contributed by atoms with Gasteiger partial charge in [-0.2, -0.15) is 5.92 Å². The fraction of sp³-hybridized carbons (Fsp3) is 0.286. The number of aromatic nitrogens is 1. The summed E-state index contributed by atoms with van der Waals surface area (Å²) in [5, 5.41) is 8.32. The van der Waals surface area contributed by atoms with Gasteiger partial charge in [0.05, 0.1) is 17.8 Å². The van der Waals surface area contributed by atoms with Crippen LogP contribution < -0.4 is 57.1 Å². The van der Waals surface area contributed by atoms with E-state index < -0.39 is 11.6 Å². The summed E-state index contributed by atoms with van der Waals surface area (Å²) in [6, 6.07) is 8.28. The average molecular weight is 415 g/mol. The second-order valence-corrected chi connectivity index (χ2v) is 6.78. The van der Waals surface area contributed by atoms with Crippen LogP contribution in [0, 0.1) is 30.3 Å². The Morgan fingerprint density at radius 1 is 1.07 bits per heavy atom. The van der Waals surface area contributed by atoms with Crippen molar-refractivity contribution in [3.63, 3.8) is 0 Å². The number of nitrogens with two attached hydrogens (primary N) is 1. The van der Waals surface area contributed by atoms with E-state index in [4.69, 9.17) is 10.8 Å². The van der Waals surface area contributed by atoms with Crippen molar-refractivity contribution in [3.05, 3.63) is 66.3 Å². The van der Waals surface area contributed by atoms with Crippen molar-refractivity contribution in [2.24, 2.45) is 11.7 Å². The third-order valence-corrected chi connectivity index (χ3v) is 4.77. The number of fused-ring (bicyclic) bond motifs is 1. The van der Waals surface area contributed by atoms with Gasteiger partial charge in [-0.25, -0.2) is 13.2 Å². The molecule has 0 spiro atoms. The molecule has 28 heavy (non-hydrogen) atoms. The minimum Gasteiger partial charge on any atom is -0.395 e. The molecule has 0 radical (unpaired) electrons. The van der Waals surface area contributed by atoms with Crippen molar-refractivity contribution < 1.29 is 69.7 Å². The predicted molar refractivity (Wildman–Crippen MR) is 101 cm³/mol. The SMILES string of the molecule is NCCO.[CH2-]C1CC(c2c(-c3ccc(F)cc3)[nH]c3c(F)cc(F)cc23)C1.[K+]. The topological polar surface area (TPSA) is 62.0 Å². The van der Waals surface area contributed by atoms with Crippen molar-refractivity contribution in [3.8, 4) is 11.3 Å². The van der Waals surface area contributed by atoms with E-state index in [9.17, 15) is 13.2 Å². The van der Waals surface area contributed by atoms with Crippen molar-refractivity contribution >= 4 is 10.9 Å². The third kappa shape index (κ3) is 5.08. The molecule has 0 saturated heterocycles. The molecule has 0 unspecified atom stereocenters. The first-order valence-corrected chi connectivity index (χ1v) is 8.85. The van der Waals surface area contributed by atoms with Gasteiger partial charge in [-0.15, -0.1) is 0 Å². The summed E-state index contributed by atoms with van der Waals surface area (Å²) in [5.74, 6) is -0.950. The molecular weight excluding hydrogens is 392 g/mol. The summed E-state index contributed by atoms with van der Waals surface area (Å²) in [4.78, 5) is 3.07. The first-order chi connectivity index (χ1) is 12.9. The molecular formula is C21H22F3KN2O. The van der Waals surface area contributed by atoms with Crippen LogP contribution in [0.1, 0.15) is 24.3 Å². The van der Waals surface area contributed by atoms with Crippen LogP contribution in [0.3, 0.4) is 0 Å². The van der Waals surface area contributed by atoms with Gasteiger partial charge in [-0.05, 0) is 47.4 Å². The van der Waals surface area contributed by atoms with Crippen LogP contribution in [-0.4, -0.2) is 23.2 Å². The number of H-pyrrole nitrogens is 1. The van der Waals surface area contributed by atoms with E-state index in [2.05, 4.69) is 11.9 Å². The van der Waals surface area contributed by atoms with Gasteiger partial charge in [0.1, 0.15) is 17.5 Å². The van der Waals surface area contributed by atoms with Crippen molar-refractivity contribution in [2.75, 3.05) is 13.2 Å². The number of halogens is 3. The minimum absolute atomic E-state index is 0. The zero-order valence-corrected chi connectivity index (χ0v) is 18.9. The summed E-state index contributed by atoms with van der Waals surface area (Å²) >= 11 is 0. The number of aliphatic hydroxyl groups is 1. The van der Waals surface area contributed by atoms with Crippen LogP contribution in [0.5, 0.6) is 0 Å². The Morgan fingerprint density at radius 3 is 2.21 bits per heavy atom. The number of hydrogen-bond donors (Lipinski definition) is 3. The molecule has 144 valence electrons. The summed E-state index contributed by atoms with van der Waals surface area (Å²) in [6.07, 6.45) is 1.78. The minimum atomic E-state index is -0.611. The molecule has 4 N–H and O–H groups in total. The van der Waals surface area contributed by atoms with Crippen LogP contribution in [0.25, 0.3) is 22.2 Å². The molecule has 1 fully saturated rings. The van der Waals surface area contributed by atoms with Crippen LogP contribution in [0.2, 0.25) is 0 Å². The third-order valence-electron chi connectivity index (χ3n) is 4.77. The molecule has 4 rings (SSSR count). The number of nitrogens with one attached hydrogen (secondary N) is 1. The first kappa shape index (κ1) is 23.6. The second-order valence-electron chi connectivity index (χ2n) is 6.78. The molecule has 7 heteroatoms. The normalized spacial score (nSPS) is 18.1. The largest absolute Gasteiger partial charge is 1.00 e. The molecule has 0 amide bonds. The maximum Gasteiger partial charge on any atom is 1.00 e. The zero-order chi connectivity index (χ0) is 19.6. The summed E-state index contributed by atoms with van der Waals surface area (Å²) in [6.45, 7) is 4.50. The van der Waals surface area contributed by atoms with Gasteiger partial charge in [0.25, 0.3) is 0 Å². The number of benzene rings is 2. The molecule has 1 heterocycles. The molecule has 1 saturated carbocycles. The summed E-state index contributed by atoms with van der Waals surface area (Å²) < 4.78 is 41.0. The molecule has 1 aromatic heterocycles. The quantitative estimate of drug-likeness (QED) is 0.450. The molecule has 1 aliphatic carbocycles. The predicted octanol–water partition coefficient (Wildman–Crippen LogP) is 1.52. The Balaban J connectivity index is 0.000000515. The van der Waals surface area contributed by atoms with E-state index >= 15 is 0 Å². The molecule has 2 aromatic carbocycles. The van der Waals surface area contributed by atoms with Crippen molar-refractivity contribution in [1.29, 1.82) is 0 Å². The Bertz CT molecular complexity index is 920. The average Bonchev–Trinajstić information content (AvgIpc) is 2.99. The molecule has 0 bridgehead atoms. The molecule has 0 aliphatic heterocycles. The van der Waals surface area contributed by atoms with E-state index in [0.717, 1.165) is 35.7 Å². The van der Waals surface area contributed by atoms with E-state index in [1.54, 1.807) is 12.1 Å². The Morgan fingerprint density at radius 2 is 1.68 bits per heavy atom. The van der Waals surface area contributed by atoms with Crippen LogP contribution in [0.4, 0.5) is 13.2 Å².